The summed E-state index contributed by atoms with van der Waals surface area (Å²) in [5.41, 5.74) is 0.914. The first kappa shape index (κ1) is 11.1. The molecule has 17 heavy (non-hydrogen) atoms. The predicted molar refractivity (Wildman–Crippen MR) is 59.1 cm³/mol. The zero-order valence-corrected chi connectivity index (χ0v) is 9.20. The lowest BCUT2D eigenvalue weighted by atomic mass is 10.2. The minimum absolute atomic E-state index is 0.208. The summed E-state index contributed by atoms with van der Waals surface area (Å²) >= 11 is 0. The second-order valence-corrected chi connectivity index (χ2v) is 3.38. The second-order valence-electron chi connectivity index (χ2n) is 3.38. The topological polar surface area (TPSA) is 77.2 Å². The molecule has 2 aromatic rings. The van der Waals surface area contributed by atoms with Gasteiger partial charge in [-0.1, -0.05) is 18.2 Å². The maximum atomic E-state index is 10.6. The molecule has 0 spiro atoms. The summed E-state index contributed by atoms with van der Waals surface area (Å²) in [5, 5.41) is 12.5. The van der Waals surface area contributed by atoms with Crippen LogP contribution in [0.3, 0.4) is 0 Å². The van der Waals surface area contributed by atoms with Gasteiger partial charge in [-0.05, 0) is 6.07 Å². The van der Waals surface area contributed by atoms with Gasteiger partial charge in [-0.2, -0.15) is 0 Å². The summed E-state index contributed by atoms with van der Waals surface area (Å²) in [7, 11) is 1.59. The molecule has 1 heterocycles. The standard InChI is InChI=1S/C11H11N3O3/c1-17-9-5-3-2-4-8(9)6-14-7-12-10(13-14)11(15)16/h2-5,7H,6H2,1H3,(H,15,16). The van der Waals surface area contributed by atoms with Crippen LogP contribution < -0.4 is 4.74 Å². The second kappa shape index (κ2) is 4.65. The summed E-state index contributed by atoms with van der Waals surface area (Å²) < 4.78 is 6.65. The van der Waals surface area contributed by atoms with Crippen molar-refractivity contribution in [3.8, 4) is 5.75 Å². The number of ether oxygens (including phenoxy) is 1. The van der Waals surface area contributed by atoms with Crippen molar-refractivity contribution < 1.29 is 14.6 Å². The Morgan fingerprint density at radius 2 is 2.24 bits per heavy atom. The molecule has 0 amide bonds. The Kier molecular flexibility index (Phi) is 3.04. The van der Waals surface area contributed by atoms with Gasteiger partial charge < -0.3 is 9.84 Å². The lowest BCUT2D eigenvalue weighted by Gasteiger charge is -2.07. The molecule has 0 aliphatic heterocycles. The van der Waals surface area contributed by atoms with E-state index < -0.39 is 5.97 Å². The molecule has 6 heteroatoms. The van der Waals surface area contributed by atoms with Crippen molar-refractivity contribution in [3.63, 3.8) is 0 Å². The summed E-state index contributed by atoms with van der Waals surface area (Å²) in [4.78, 5) is 14.3. The third-order valence-electron chi connectivity index (χ3n) is 2.25. The molecule has 0 aliphatic carbocycles. The van der Waals surface area contributed by atoms with E-state index in [4.69, 9.17) is 9.84 Å². The van der Waals surface area contributed by atoms with Gasteiger partial charge in [-0.25, -0.2) is 14.5 Å². The van der Waals surface area contributed by atoms with Crippen molar-refractivity contribution in [2.24, 2.45) is 0 Å². The number of benzene rings is 1. The van der Waals surface area contributed by atoms with Crippen LogP contribution in [0.25, 0.3) is 0 Å². The van der Waals surface area contributed by atoms with Crippen molar-refractivity contribution in [1.29, 1.82) is 0 Å². The Morgan fingerprint density at radius 1 is 1.47 bits per heavy atom. The predicted octanol–water partition coefficient (Wildman–Crippen LogP) is 1.03. The number of rotatable bonds is 4. The van der Waals surface area contributed by atoms with E-state index in [-0.39, 0.29) is 5.82 Å². The van der Waals surface area contributed by atoms with Crippen LogP contribution in [0, 0.1) is 0 Å². The molecular weight excluding hydrogens is 222 g/mol. The van der Waals surface area contributed by atoms with Gasteiger partial charge in [0, 0.05) is 5.56 Å². The number of aromatic carboxylic acids is 1. The van der Waals surface area contributed by atoms with Gasteiger partial charge in [-0.3, -0.25) is 0 Å². The first-order valence-corrected chi connectivity index (χ1v) is 4.95. The van der Waals surface area contributed by atoms with Crippen LogP contribution in [0.5, 0.6) is 5.75 Å². The van der Waals surface area contributed by atoms with Crippen LogP contribution in [0.1, 0.15) is 16.2 Å². The molecule has 0 fully saturated rings. The Labute approximate surface area is 97.5 Å². The number of carbonyl (C=O) groups is 1. The number of hydrogen-bond acceptors (Lipinski definition) is 4. The average molecular weight is 233 g/mol. The fourth-order valence-electron chi connectivity index (χ4n) is 1.48. The van der Waals surface area contributed by atoms with E-state index in [1.54, 1.807) is 7.11 Å². The van der Waals surface area contributed by atoms with E-state index in [9.17, 15) is 4.79 Å². The molecule has 0 saturated heterocycles. The van der Waals surface area contributed by atoms with Crippen molar-refractivity contribution in [1.82, 2.24) is 14.8 Å². The molecule has 1 N–H and O–H groups in total. The molecule has 0 atom stereocenters. The van der Waals surface area contributed by atoms with E-state index in [1.165, 1.54) is 11.0 Å². The Morgan fingerprint density at radius 3 is 2.88 bits per heavy atom. The Balaban J connectivity index is 2.22. The minimum Gasteiger partial charge on any atom is -0.496 e. The number of hydrogen-bond donors (Lipinski definition) is 1. The number of methoxy groups -OCH3 is 1. The molecule has 0 unspecified atom stereocenters. The van der Waals surface area contributed by atoms with Gasteiger partial charge in [0.25, 0.3) is 5.82 Å². The van der Waals surface area contributed by atoms with Crippen LogP contribution in [0.15, 0.2) is 30.6 Å². The molecule has 0 bridgehead atoms. The summed E-state index contributed by atoms with van der Waals surface area (Å²) in [6, 6.07) is 7.48. The molecule has 1 aromatic heterocycles. The van der Waals surface area contributed by atoms with E-state index in [0.717, 1.165) is 11.3 Å². The molecule has 0 radical (unpaired) electrons. The van der Waals surface area contributed by atoms with Crippen LogP contribution in [-0.2, 0) is 6.54 Å². The number of aromatic nitrogens is 3. The van der Waals surface area contributed by atoms with Crippen molar-refractivity contribution >= 4 is 5.97 Å². The zero-order valence-electron chi connectivity index (χ0n) is 9.20. The average Bonchev–Trinajstić information content (AvgIpc) is 2.78. The highest BCUT2D eigenvalue weighted by Gasteiger charge is 2.10. The number of para-hydroxylation sites is 1. The lowest BCUT2D eigenvalue weighted by molar-refractivity contribution is 0.0683. The van der Waals surface area contributed by atoms with Crippen molar-refractivity contribution in [2.45, 2.75) is 6.54 Å². The van der Waals surface area contributed by atoms with Crippen LogP contribution in [0.2, 0.25) is 0 Å². The van der Waals surface area contributed by atoms with Gasteiger partial charge in [-0.15, -0.1) is 5.10 Å². The maximum absolute atomic E-state index is 10.6. The number of carboxylic acid groups (broad SMARTS) is 1. The lowest BCUT2D eigenvalue weighted by Crippen LogP contribution is -2.05. The van der Waals surface area contributed by atoms with Crippen LogP contribution in [-0.4, -0.2) is 33.0 Å². The molecular formula is C11H11N3O3. The van der Waals surface area contributed by atoms with Gasteiger partial charge in [0.05, 0.1) is 13.7 Å². The zero-order chi connectivity index (χ0) is 12.3. The number of carboxylic acids is 1. The first-order chi connectivity index (χ1) is 8.20. The Bertz CT molecular complexity index is 536. The highest BCUT2D eigenvalue weighted by Crippen LogP contribution is 2.17. The minimum atomic E-state index is -1.14. The van der Waals surface area contributed by atoms with Crippen LogP contribution in [0.4, 0.5) is 0 Å². The highest BCUT2D eigenvalue weighted by atomic mass is 16.5. The van der Waals surface area contributed by atoms with E-state index in [2.05, 4.69) is 10.1 Å². The summed E-state index contributed by atoms with van der Waals surface area (Å²) in [6.45, 7) is 0.421. The largest absolute Gasteiger partial charge is 0.496 e. The van der Waals surface area contributed by atoms with Gasteiger partial charge in [0.1, 0.15) is 12.1 Å². The fourth-order valence-corrected chi connectivity index (χ4v) is 1.48. The van der Waals surface area contributed by atoms with Gasteiger partial charge in [0.15, 0.2) is 0 Å². The summed E-state index contributed by atoms with van der Waals surface area (Å²) in [6.07, 6.45) is 1.38. The molecule has 2 rings (SSSR count). The van der Waals surface area contributed by atoms with E-state index in [1.807, 2.05) is 24.3 Å². The molecule has 0 aliphatic rings. The molecule has 6 nitrogen and oxygen atoms in total. The van der Waals surface area contributed by atoms with Crippen molar-refractivity contribution in [2.75, 3.05) is 7.11 Å². The smallest absolute Gasteiger partial charge is 0.375 e. The fraction of sp³-hybridized carbons (Fsp3) is 0.182. The monoisotopic (exact) mass is 233 g/mol. The molecule has 0 saturated carbocycles. The van der Waals surface area contributed by atoms with Crippen LogP contribution >= 0.6 is 0 Å². The third-order valence-corrected chi connectivity index (χ3v) is 2.25. The highest BCUT2D eigenvalue weighted by molar-refractivity contribution is 5.82. The SMILES string of the molecule is COc1ccccc1Cn1cnc(C(=O)O)n1. The molecule has 88 valence electrons. The van der Waals surface area contributed by atoms with E-state index >= 15 is 0 Å². The van der Waals surface area contributed by atoms with E-state index in [0.29, 0.717) is 6.54 Å². The number of nitrogens with zero attached hydrogens (tertiary/aromatic N) is 3. The maximum Gasteiger partial charge on any atom is 0.375 e. The first-order valence-electron chi connectivity index (χ1n) is 4.95. The Hall–Kier alpha value is -2.37. The normalized spacial score (nSPS) is 10.2. The third kappa shape index (κ3) is 2.41. The van der Waals surface area contributed by atoms with Gasteiger partial charge >= 0.3 is 5.97 Å². The van der Waals surface area contributed by atoms with Gasteiger partial charge in [0.2, 0.25) is 0 Å². The summed E-state index contributed by atoms with van der Waals surface area (Å²) in [5.74, 6) is -0.608. The van der Waals surface area contributed by atoms with Crippen molar-refractivity contribution in [3.05, 3.63) is 42.0 Å². The quantitative estimate of drug-likeness (QED) is 0.853. The molecule has 1 aromatic carbocycles.